The van der Waals surface area contributed by atoms with E-state index in [4.69, 9.17) is 17.3 Å². The summed E-state index contributed by atoms with van der Waals surface area (Å²) in [5, 5.41) is -0.734. The zero-order valence-electron chi connectivity index (χ0n) is 8.66. The monoisotopic (exact) mass is 269 g/mol. The first-order valence-corrected chi connectivity index (χ1v) is 4.95. The Kier molecular flexibility index (Phi) is 3.66. The Morgan fingerprint density at radius 2 is 2.00 bits per heavy atom. The molecular formula is C10H8ClF4NO. The minimum Gasteiger partial charge on any atom is -0.366 e. The van der Waals surface area contributed by atoms with E-state index in [1.165, 1.54) is 6.92 Å². The summed E-state index contributed by atoms with van der Waals surface area (Å²) in [6, 6.07) is 0.332. The maximum atomic E-state index is 13.6. The van der Waals surface area contributed by atoms with Crippen LogP contribution in [0.25, 0.3) is 0 Å². The SMILES string of the molecule is CCc1c(F)c(C(N)=O)cc(C(F)(F)F)c1Cl. The van der Waals surface area contributed by atoms with Crippen molar-refractivity contribution < 1.29 is 22.4 Å². The van der Waals surface area contributed by atoms with Gasteiger partial charge in [-0.25, -0.2) is 4.39 Å². The molecule has 1 aromatic carbocycles. The summed E-state index contributed by atoms with van der Waals surface area (Å²) < 4.78 is 51.3. The van der Waals surface area contributed by atoms with Crippen molar-refractivity contribution in [2.24, 2.45) is 5.73 Å². The molecule has 0 heterocycles. The summed E-state index contributed by atoms with van der Waals surface area (Å²) >= 11 is 5.46. The van der Waals surface area contributed by atoms with Crippen LogP contribution < -0.4 is 5.73 Å². The minimum absolute atomic E-state index is 0.0745. The van der Waals surface area contributed by atoms with E-state index in [9.17, 15) is 22.4 Å². The van der Waals surface area contributed by atoms with Crippen LogP contribution in [-0.4, -0.2) is 5.91 Å². The number of primary amides is 1. The molecular weight excluding hydrogens is 262 g/mol. The van der Waals surface area contributed by atoms with Gasteiger partial charge in [0.25, 0.3) is 5.91 Å². The summed E-state index contributed by atoms with van der Waals surface area (Å²) in [5.74, 6) is -2.36. The molecule has 0 aliphatic heterocycles. The molecule has 0 saturated carbocycles. The molecule has 0 aliphatic carbocycles. The molecule has 0 atom stereocenters. The van der Waals surface area contributed by atoms with Crippen LogP contribution in [0.2, 0.25) is 5.02 Å². The van der Waals surface area contributed by atoms with Gasteiger partial charge in [-0.05, 0) is 12.5 Å². The Morgan fingerprint density at radius 1 is 1.47 bits per heavy atom. The summed E-state index contributed by atoms with van der Waals surface area (Å²) in [7, 11) is 0. The second kappa shape index (κ2) is 4.52. The average Bonchev–Trinajstić information content (AvgIpc) is 2.15. The van der Waals surface area contributed by atoms with Crippen LogP contribution in [0.5, 0.6) is 0 Å². The van der Waals surface area contributed by atoms with Gasteiger partial charge < -0.3 is 5.73 Å². The molecule has 0 aromatic heterocycles. The molecule has 2 nitrogen and oxygen atoms in total. The average molecular weight is 270 g/mol. The summed E-state index contributed by atoms with van der Waals surface area (Å²) in [6.45, 7) is 1.43. The number of carbonyl (C=O) groups excluding carboxylic acids is 1. The van der Waals surface area contributed by atoms with E-state index in [0.717, 1.165) is 0 Å². The second-order valence-corrected chi connectivity index (χ2v) is 3.67. The van der Waals surface area contributed by atoms with Gasteiger partial charge in [-0.15, -0.1) is 0 Å². The van der Waals surface area contributed by atoms with Gasteiger partial charge in [-0.1, -0.05) is 18.5 Å². The molecule has 94 valence electrons. The van der Waals surface area contributed by atoms with Crippen LogP contribution in [0.3, 0.4) is 0 Å². The number of carbonyl (C=O) groups is 1. The smallest absolute Gasteiger partial charge is 0.366 e. The standard InChI is InChI=1S/C10H8ClF4NO/c1-2-4-7(11)6(10(13,14)15)3-5(8(4)12)9(16)17/h3H,2H2,1H3,(H2,16,17). The molecule has 0 radical (unpaired) electrons. The largest absolute Gasteiger partial charge is 0.417 e. The molecule has 1 rings (SSSR count). The molecule has 0 aliphatic rings. The van der Waals surface area contributed by atoms with Gasteiger partial charge in [0, 0.05) is 5.56 Å². The molecule has 0 fully saturated rings. The number of alkyl halides is 3. The Morgan fingerprint density at radius 3 is 2.35 bits per heavy atom. The van der Waals surface area contributed by atoms with E-state index in [2.05, 4.69) is 0 Å². The van der Waals surface area contributed by atoms with Gasteiger partial charge >= 0.3 is 6.18 Å². The van der Waals surface area contributed by atoms with Crippen molar-refractivity contribution in [1.29, 1.82) is 0 Å². The number of hydrogen-bond acceptors (Lipinski definition) is 1. The molecule has 0 spiro atoms. The number of nitrogens with two attached hydrogens (primary N) is 1. The van der Waals surface area contributed by atoms with Crippen molar-refractivity contribution in [3.8, 4) is 0 Å². The number of amides is 1. The molecule has 7 heteroatoms. The first-order chi connectivity index (χ1) is 7.70. The molecule has 0 saturated heterocycles. The predicted octanol–water partition coefficient (Wildman–Crippen LogP) is 3.16. The Labute approximate surface area is 99.4 Å². The van der Waals surface area contributed by atoms with Gasteiger partial charge in [-0.3, -0.25) is 4.79 Å². The van der Waals surface area contributed by atoms with Crippen molar-refractivity contribution in [3.05, 3.63) is 33.6 Å². The van der Waals surface area contributed by atoms with E-state index in [-0.39, 0.29) is 12.0 Å². The molecule has 0 bridgehead atoms. The lowest BCUT2D eigenvalue weighted by molar-refractivity contribution is -0.137. The van der Waals surface area contributed by atoms with Crippen molar-refractivity contribution in [3.63, 3.8) is 0 Å². The third kappa shape index (κ3) is 2.52. The van der Waals surface area contributed by atoms with E-state index in [0.29, 0.717) is 6.07 Å². The lowest BCUT2D eigenvalue weighted by Gasteiger charge is -2.14. The van der Waals surface area contributed by atoms with Crippen molar-refractivity contribution in [2.75, 3.05) is 0 Å². The zero-order valence-corrected chi connectivity index (χ0v) is 9.42. The van der Waals surface area contributed by atoms with Crippen LogP contribution in [0.15, 0.2) is 6.07 Å². The number of rotatable bonds is 2. The second-order valence-electron chi connectivity index (χ2n) is 3.29. The Bertz CT molecular complexity index is 470. The number of halogens is 5. The van der Waals surface area contributed by atoms with Gasteiger partial charge in [0.1, 0.15) is 5.82 Å². The van der Waals surface area contributed by atoms with Gasteiger partial charge in [0.2, 0.25) is 0 Å². The lowest BCUT2D eigenvalue weighted by Crippen LogP contribution is -2.18. The quantitative estimate of drug-likeness (QED) is 0.824. The van der Waals surface area contributed by atoms with E-state index in [1.807, 2.05) is 0 Å². The van der Waals surface area contributed by atoms with Crippen LogP contribution in [0.1, 0.15) is 28.4 Å². The van der Waals surface area contributed by atoms with Crippen LogP contribution in [-0.2, 0) is 12.6 Å². The highest BCUT2D eigenvalue weighted by atomic mass is 35.5. The Balaban J connectivity index is 3.65. The van der Waals surface area contributed by atoms with Gasteiger partial charge in [0.15, 0.2) is 0 Å². The maximum absolute atomic E-state index is 13.6. The molecule has 1 amide bonds. The minimum atomic E-state index is -4.76. The fraction of sp³-hybridized carbons (Fsp3) is 0.300. The van der Waals surface area contributed by atoms with Gasteiger partial charge in [0.05, 0.1) is 16.1 Å². The predicted molar refractivity (Wildman–Crippen MR) is 54.3 cm³/mol. The normalized spacial score (nSPS) is 11.6. The van der Waals surface area contributed by atoms with E-state index in [1.54, 1.807) is 0 Å². The number of hydrogen-bond donors (Lipinski definition) is 1. The fourth-order valence-electron chi connectivity index (χ4n) is 1.39. The third-order valence-electron chi connectivity index (χ3n) is 2.22. The Hall–Kier alpha value is -1.30. The van der Waals surface area contributed by atoms with Crippen LogP contribution in [0, 0.1) is 5.82 Å². The highest BCUT2D eigenvalue weighted by Gasteiger charge is 2.36. The topological polar surface area (TPSA) is 43.1 Å². The molecule has 0 unspecified atom stereocenters. The first kappa shape index (κ1) is 13.8. The molecule has 1 aromatic rings. The first-order valence-electron chi connectivity index (χ1n) is 4.58. The maximum Gasteiger partial charge on any atom is 0.417 e. The lowest BCUT2D eigenvalue weighted by atomic mass is 10.0. The van der Waals surface area contributed by atoms with Crippen molar-refractivity contribution in [2.45, 2.75) is 19.5 Å². The summed E-state index contributed by atoms with van der Waals surface area (Å²) in [4.78, 5) is 10.9. The molecule has 2 N–H and O–H groups in total. The fourth-order valence-corrected chi connectivity index (χ4v) is 1.77. The van der Waals surface area contributed by atoms with Gasteiger partial charge in [-0.2, -0.15) is 13.2 Å². The van der Waals surface area contributed by atoms with Crippen LogP contribution >= 0.6 is 11.6 Å². The third-order valence-corrected chi connectivity index (χ3v) is 2.65. The van der Waals surface area contributed by atoms with E-state index >= 15 is 0 Å². The zero-order chi connectivity index (χ0) is 13.4. The van der Waals surface area contributed by atoms with Crippen molar-refractivity contribution in [1.82, 2.24) is 0 Å². The highest BCUT2D eigenvalue weighted by Crippen LogP contribution is 2.38. The van der Waals surface area contributed by atoms with Crippen molar-refractivity contribution >= 4 is 17.5 Å². The number of benzene rings is 1. The molecule has 17 heavy (non-hydrogen) atoms. The highest BCUT2D eigenvalue weighted by molar-refractivity contribution is 6.32. The summed E-state index contributed by atoms with van der Waals surface area (Å²) in [5.41, 5.74) is 2.38. The van der Waals surface area contributed by atoms with E-state index < -0.39 is 34.1 Å². The van der Waals surface area contributed by atoms with Crippen LogP contribution in [0.4, 0.5) is 17.6 Å². The summed E-state index contributed by atoms with van der Waals surface area (Å²) in [6.07, 6.45) is -4.84.